The molecule has 0 fully saturated rings. The zero-order valence-electron chi connectivity index (χ0n) is 11.0. The van der Waals surface area contributed by atoms with Crippen LogP contribution in [0.5, 0.6) is 0 Å². The highest BCUT2D eigenvalue weighted by atomic mass is 16.5. The summed E-state index contributed by atoms with van der Waals surface area (Å²) in [7, 11) is 1.60. The number of ether oxygens (including phenoxy) is 1. The van der Waals surface area contributed by atoms with Crippen LogP contribution >= 0.6 is 0 Å². The molecule has 0 spiro atoms. The number of hydrogen-bond acceptors (Lipinski definition) is 4. The van der Waals surface area contributed by atoms with E-state index in [1.54, 1.807) is 13.2 Å². The van der Waals surface area contributed by atoms with E-state index in [0.29, 0.717) is 19.6 Å². The largest absolute Gasteiger partial charge is 0.477 e. The number of rotatable bonds is 7. The maximum Gasteiger partial charge on any atom is 0.354 e. The maximum absolute atomic E-state index is 11.6. The van der Waals surface area contributed by atoms with Crippen molar-refractivity contribution in [1.29, 1.82) is 0 Å². The van der Waals surface area contributed by atoms with Crippen molar-refractivity contribution in [1.82, 2.24) is 10.3 Å². The number of nitrogens with zero attached hydrogens (tertiary/aromatic N) is 1. The Morgan fingerprint density at radius 1 is 1.47 bits per heavy atom. The van der Waals surface area contributed by atoms with Gasteiger partial charge in [0.25, 0.3) is 0 Å². The SMILES string of the molecule is COCC(C)CC(=O)NCc1ccc(C(=O)O)nc1. The third kappa shape index (κ3) is 5.48. The normalized spacial score (nSPS) is 11.9. The number of carbonyl (C=O) groups is 2. The third-order valence-corrected chi connectivity index (χ3v) is 2.52. The van der Waals surface area contributed by atoms with E-state index < -0.39 is 5.97 Å². The van der Waals surface area contributed by atoms with Crippen LogP contribution in [0.25, 0.3) is 0 Å². The second-order valence-electron chi connectivity index (χ2n) is 4.40. The molecule has 6 nitrogen and oxygen atoms in total. The average molecular weight is 266 g/mol. The molecule has 0 aliphatic carbocycles. The van der Waals surface area contributed by atoms with E-state index in [4.69, 9.17) is 9.84 Å². The molecule has 1 aromatic rings. The molecule has 6 heteroatoms. The highest BCUT2D eigenvalue weighted by molar-refractivity contribution is 5.85. The van der Waals surface area contributed by atoms with Crippen LogP contribution in [0.1, 0.15) is 29.4 Å². The first-order valence-corrected chi connectivity index (χ1v) is 5.96. The molecule has 1 heterocycles. The van der Waals surface area contributed by atoms with Crippen LogP contribution in [0.3, 0.4) is 0 Å². The van der Waals surface area contributed by atoms with Crippen LogP contribution in [0.15, 0.2) is 18.3 Å². The predicted molar refractivity (Wildman–Crippen MR) is 68.7 cm³/mol. The van der Waals surface area contributed by atoms with Gasteiger partial charge in [0.1, 0.15) is 5.69 Å². The summed E-state index contributed by atoms with van der Waals surface area (Å²) in [6.45, 7) is 2.82. The molecule has 0 saturated carbocycles. The number of aromatic nitrogens is 1. The summed E-state index contributed by atoms with van der Waals surface area (Å²) in [5.74, 6) is -0.964. The summed E-state index contributed by atoms with van der Waals surface area (Å²) < 4.78 is 4.96. The van der Waals surface area contributed by atoms with Crippen molar-refractivity contribution >= 4 is 11.9 Å². The van der Waals surface area contributed by atoms with Crippen molar-refractivity contribution in [2.45, 2.75) is 19.9 Å². The summed E-state index contributed by atoms with van der Waals surface area (Å²) in [5, 5.41) is 11.5. The van der Waals surface area contributed by atoms with E-state index >= 15 is 0 Å². The van der Waals surface area contributed by atoms with Gasteiger partial charge >= 0.3 is 5.97 Å². The molecule has 0 aliphatic heterocycles. The molecule has 1 aromatic heterocycles. The Kier molecular flexibility index (Phi) is 5.95. The van der Waals surface area contributed by atoms with E-state index in [2.05, 4.69) is 10.3 Å². The van der Waals surface area contributed by atoms with Crippen LogP contribution in [-0.4, -0.2) is 35.7 Å². The van der Waals surface area contributed by atoms with Gasteiger partial charge in [-0.15, -0.1) is 0 Å². The van der Waals surface area contributed by atoms with Crippen molar-refractivity contribution < 1.29 is 19.4 Å². The Hall–Kier alpha value is -1.95. The van der Waals surface area contributed by atoms with Crippen LogP contribution in [0, 0.1) is 5.92 Å². The van der Waals surface area contributed by atoms with Crippen LogP contribution < -0.4 is 5.32 Å². The van der Waals surface area contributed by atoms with Crippen molar-refractivity contribution in [3.8, 4) is 0 Å². The average Bonchev–Trinajstić information content (AvgIpc) is 2.37. The third-order valence-electron chi connectivity index (χ3n) is 2.52. The van der Waals surface area contributed by atoms with Crippen LogP contribution in [-0.2, 0) is 16.1 Å². The molecule has 1 unspecified atom stereocenters. The molecule has 0 radical (unpaired) electrons. The highest BCUT2D eigenvalue weighted by Gasteiger charge is 2.09. The minimum Gasteiger partial charge on any atom is -0.477 e. The number of methoxy groups -OCH3 is 1. The topological polar surface area (TPSA) is 88.5 Å². The summed E-state index contributed by atoms with van der Waals surface area (Å²) in [4.78, 5) is 26.0. The van der Waals surface area contributed by atoms with Gasteiger partial charge in [-0.1, -0.05) is 13.0 Å². The first-order chi connectivity index (χ1) is 9.02. The Balaban J connectivity index is 2.39. The summed E-state index contributed by atoms with van der Waals surface area (Å²) >= 11 is 0. The number of aromatic carboxylic acids is 1. The Morgan fingerprint density at radius 3 is 2.74 bits per heavy atom. The molecular formula is C13H18N2O4. The zero-order valence-corrected chi connectivity index (χ0v) is 11.0. The fourth-order valence-corrected chi connectivity index (χ4v) is 1.59. The number of pyridine rings is 1. The van der Waals surface area contributed by atoms with Crippen LogP contribution in [0.2, 0.25) is 0 Å². The molecule has 19 heavy (non-hydrogen) atoms. The van der Waals surface area contributed by atoms with Gasteiger partial charge in [0, 0.05) is 32.9 Å². The van der Waals surface area contributed by atoms with E-state index in [-0.39, 0.29) is 17.5 Å². The van der Waals surface area contributed by atoms with E-state index in [9.17, 15) is 9.59 Å². The number of carbonyl (C=O) groups excluding carboxylic acids is 1. The number of amides is 1. The lowest BCUT2D eigenvalue weighted by Gasteiger charge is -2.10. The molecule has 104 valence electrons. The fraction of sp³-hybridized carbons (Fsp3) is 0.462. The smallest absolute Gasteiger partial charge is 0.354 e. The molecule has 2 N–H and O–H groups in total. The fourth-order valence-electron chi connectivity index (χ4n) is 1.59. The Morgan fingerprint density at radius 2 is 2.21 bits per heavy atom. The second kappa shape index (κ2) is 7.48. The van der Waals surface area contributed by atoms with Gasteiger partial charge in [0.2, 0.25) is 5.91 Å². The molecule has 0 aromatic carbocycles. The quantitative estimate of drug-likeness (QED) is 0.770. The standard InChI is InChI=1S/C13H18N2O4/c1-9(8-19-2)5-12(16)15-7-10-3-4-11(13(17)18)14-6-10/h3-4,6,9H,5,7-8H2,1-2H3,(H,15,16)(H,17,18). The first kappa shape index (κ1) is 15.1. The number of carboxylic acids is 1. The van der Waals surface area contributed by atoms with Gasteiger partial charge in [0.05, 0.1) is 0 Å². The molecule has 0 aliphatic rings. The molecular weight excluding hydrogens is 248 g/mol. The summed E-state index contributed by atoms with van der Waals surface area (Å²) in [5.41, 5.74) is 0.751. The first-order valence-electron chi connectivity index (χ1n) is 5.96. The molecule has 1 rings (SSSR count). The number of carboxylic acid groups (broad SMARTS) is 1. The van der Waals surface area contributed by atoms with Crippen molar-refractivity contribution in [2.75, 3.05) is 13.7 Å². The van der Waals surface area contributed by atoms with Gasteiger partial charge in [-0.25, -0.2) is 9.78 Å². The van der Waals surface area contributed by atoms with E-state index in [0.717, 1.165) is 5.56 Å². The lowest BCUT2D eigenvalue weighted by molar-refractivity contribution is -0.122. The maximum atomic E-state index is 11.6. The van der Waals surface area contributed by atoms with E-state index in [1.165, 1.54) is 12.3 Å². The molecule has 0 saturated heterocycles. The van der Waals surface area contributed by atoms with Crippen LogP contribution in [0.4, 0.5) is 0 Å². The van der Waals surface area contributed by atoms with E-state index in [1.807, 2.05) is 6.92 Å². The van der Waals surface area contributed by atoms with Gasteiger partial charge in [-0.2, -0.15) is 0 Å². The predicted octanol–water partition coefficient (Wildman–Crippen LogP) is 1.07. The minimum absolute atomic E-state index is 0.0104. The van der Waals surface area contributed by atoms with Gasteiger partial charge in [-0.3, -0.25) is 4.79 Å². The lowest BCUT2D eigenvalue weighted by atomic mass is 10.1. The van der Waals surface area contributed by atoms with Gasteiger partial charge in [-0.05, 0) is 17.5 Å². The molecule has 1 atom stereocenters. The van der Waals surface area contributed by atoms with Crippen molar-refractivity contribution in [2.24, 2.45) is 5.92 Å². The number of nitrogens with one attached hydrogen (secondary N) is 1. The van der Waals surface area contributed by atoms with Crippen molar-refractivity contribution in [3.63, 3.8) is 0 Å². The zero-order chi connectivity index (χ0) is 14.3. The monoisotopic (exact) mass is 266 g/mol. The summed E-state index contributed by atoms with van der Waals surface area (Å²) in [6, 6.07) is 3.05. The Labute approximate surface area is 111 Å². The minimum atomic E-state index is -1.07. The van der Waals surface area contributed by atoms with Gasteiger partial charge < -0.3 is 15.2 Å². The molecule has 1 amide bonds. The summed E-state index contributed by atoms with van der Waals surface area (Å²) in [6.07, 6.45) is 1.84. The lowest BCUT2D eigenvalue weighted by Crippen LogP contribution is -2.25. The second-order valence-corrected chi connectivity index (χ2v) is 4.40. The van der Waals surface area contributed by atoms with Crippen molar-refractivity contribution in [3.05, 3.63) is 29.6 Å². The Bertz CT molecular complexity index is 431. The molecule has 0 bridgehead atoms. The van der Waals surface area contributed by atoms with Gasteiger partial charge in [0.15, 0.2) is 0 Å². The number of hydrogen-bond donors (Lipinski definition) is 2. The highest BCUT2D eigenvalue weighted by Crippen LogP contribution is 2.03.